The van der Waals surface area contributed by atoms with Crippen LogP contribution in [0.2, 0.25) is 0 Å². The van der Waals surface area contributed by atoms with E-state index in [2.05, 4.69) is 39.4 Å². The minimum Gasteiger partial charge on any atom is -0.357 e. The van der Waals surface area contributed by atoms with Crippen LogP contribution in [0.1, 0.15) is 11.1 Å². The molecule has 0 saturated carbocycles. The Bertz CT molecular complexity index is 527. The summed E-state index contributed by atoms with van der Waals surface area (Å²) in [5, 5.41) is 10.3. The molecule has 0 saturated heterocycles. The molecule has 0 aliphatic heterocycles. The third-order valence-corrected chi connectivity index (χ3v) is 2.67. The summed E-state index contributed by atoms with van der Waals surface area (Å²) >= 11 is 0. The van der Waals surface area contributed by atoms with Crippen molar-refractivity contribution < 1.29 is 0 Å². The highest BCUT2D eigenvalue weighted by Crippen LogP contribution is 2.12. The van der Waals surface area contributed by atoms with Crippen LogP contribution in [0, 0.1) is 0 Å². The number of hydrogen-bond donors (Lipinski definition) is 2. The maximum atomic E-state index is 4.35. The lowest BCUT2D eigenvalue weighted by Crippen LogP contribution is -2.06. The van der Waals surface area contributed by atoms with Gasteiger partial charge in [-0.1, -0.05) is 36.9 Å². The van der Waals surface area contributed by atoms with Gasteiger partial charge in [-0.25, -0.2) is 4.68 Å². The van der Waals surface area contributed by atoms with Crippen molar-refractivity contribution in [1.82, 2.24) is 14.8 Å². The molecule has 0 aliphatic rings. The lowest BCUT2D eigenvalue weighted by molar-refractivity contribution is 0.695. The Morgan fingerprint density at radius 3 is 2.50 bits per heavy atom. The average molecular weight is 243 g/mol. The Labute approximate surface area is 107 Å². The molecular formula is C13H17N5. The Morgan fingerprint density at radius 1 is 1.22 bits per heavy atom. The maximum Gasteiger partial charge on any atom is 0.243 e. The minimum absolute atomic E-state index is 0.613. The quantitative estimate of drug-likeness (QED) is 0.844. The monoisotopic (exact) mass is 243 g/mol. The molecule has 1 heterocycles. The number of nitrogens with one attached hydrogen (secondary N) is 2. The molecule has 0 radical (unpaired) electrons. The van der Waals surface area contributed by atoms with Gasteiger partial charge in [-0.3, -0.25) is 0 Å². The van der Waals surface area contributed by atoms with Crippen molar-refractivity contribution in [3.63, 3.8) is 0 Å². The largest absolute Gasteiger partial charge is 0.357 e. The van der Waals surface area contributed by atoms with E-state index in [0.717, 1.165) is 11.5 Å². The topological polar surface area (TPSA) is 54.8 Å². The summed E-state index contributed by atoms with van der Waals surface area (Å²) in [6, 6.07) is 8.21. The van der Waals surface area contributed by atoms with E-state index in [0.29, 0.717) is 12.5 Å². The molecule has 0 atom stereocenters. The third-order valence-electron chi connectivity index (χ3n) is 2.67. The summed E-state index contributed by atoms with van der Waals surface area (Å²) < 4.78 is 1.83. The predicted molar refractivity (Wildman–Crippen MR) is 74.8 cm³/mol. The fourth-order valence-corrected chi connectivity index (χ4v) is 1.68. The van der Waals surface area contributed by atoms with Crippen molar-refractivity contribution in [3.8, 4) is 0 Å². The van der Waals surface area contributed by atoms with E-state index in [4.69, 9.17) is 0 Å². The summed E-state index contributed by atoms with van der Waals surface area (Å²) in [7, 11) is 3.64. The van der Waals surface area contributed by atoms with Crippen LogP contribution < -0.4 is 10.6 Å². The maximum absolute atomic E-state index is 4.35. The second-order valence-corrected chi connectivity index (χ2v) is 3.86. The molecule has 5 heteroatoms. The summed E-state index contributed by atoms with van der Waals surface area (Å²) in [6.07, 6.45) is 1.83. The van der Waals surface area contributed by atoms with Crippen molar-refractivity contribution in [2.45, 2.75) is 6.54 Å². The van der Waals surface area contributed by atoms with Gasteiger partial charge < -0.3 is 10.6 Å². The van der Waals surface area contributed by atoms with Crippen LogP contribution in [0.3, 0.4) is 0 Å². The molecule has 0 aliphatic carbocycles. The predicted octanol–water partition coefficient (Wildman–Crippen LogP) is 2.05. The average Bonchev–Trinajstić information content (AvgIpc) is 2.82. The number of anilines is 2. The Balaban J connectivity index is 2.21. The number of benzene rings is 1. The third kappa shape index (κ3) is 2.51. The summed E-state index contributed by atoms with van der Waals surface area (Å²) in [5.74, 6) is 1.36. The molecule has 2 N–H and O–H groups in total. The van der Waals surface area contributed by atoms with Crippen molar-refractivity contribution in [1.29, 1.82) is 0 Å². The van der Waals surface area contributed by atoms with E-state index in [9.17, 15) is 0 Å². The van der Waals surface area contributed by atoms with Gasteiger partial charge in [0.25, 0.3) is 0 Å². The molecule has 0 amide bonds. The normalized spacial score (nSPS) is 10.1. The molecule has 18 heavy (non-hydrogen) atoms. The highest BCUT2D eigenvalue weighted by molar-refractivity contribution is 5.47. The van der Waals surface area contributed by atoms with Crippen LogP contribution in [0.5, 0.6) is 0 Å². The first-order valence-electron chi connectivity index (χ1n) is 5.78. The Kier molecular flexibility index (Phi) is 3.62. The molecular weight excluding hydrogens is 226 g/mol. The first-order chi connectivity index (χ1) is 8.76. The lowest BCUT2D eigenvalue weighted by Gasteiger charge is -2.05. The summed E-state index contributed by atoms with van der Waals surface area (Å²) in [6.45, 7) is 4.42. The van der Waals surface area contributed by atoms with E-state index in [1.165, 1.54) is 5.56 Å². The molecule has 1 aromatic heterocycles. The highest BCUT2D eigenvalue weighted by Gasteiger charge is 2.07. The van der Waals surface area contributed by atoms with E-state index >= 15 is 0 Å². The van der Waals surface area contributed by atoms with Crippen LogP contribution in [-0.2, 0) is 6.54 Å². The van der Waals surface area contributed by atoms with Gasteiger partial charge >= 0.3 is 0 Å². The molecule has 2 aromatic rings. The molecule has 1 aromatic carbocycles. The Morgan fingerprint density at radius 2 is 1.94 bits per heavy atom. The molecule has 0 spiro atoms. The van der Waals surface area contributed by atoms with Crippen LogP contribution in [-0.4, -0.2) is 28.9 Å². The lowest BCUT2D eigenvalue weighted by atomic mass is 10.1. The molecule has 94 valence electrons. The number of aromatic nitrogens is 3. The Hall–Kier alpha value is -2.30. The van der Waals surface area contributed by atoms with Gasteiger partial charge in [-0.15, -0.1) is 5.10 Å². The van der Waals surface area contributed by atoms with E-state index in [-0.39, 0.29) is 0 Å². The number of nitrogens with zero attached hydrogens (tertiary/aromatic N) is 3. The minimum atomic E-state index is 0.613. The van der Waals surface area contributed by atoms with Gasteiger partial charge in [-0.05, 0) is 11.1 Å². The van der Waals surface area contributed by atoms with Crippen molar-refractivity contribution >= 4 is 18.0 Å². The molecule has 0 unspecified atom stereocenters. The highest BCUT2D eigenvalue weighted by atomic mass is 15.4. The smallest absolute Gasteiger partial charge is 0.243 e. The van der Waals surface area contributed by atoms with Gasteiger partial charge in [0, 0.05) is 14.1 Å². The fraction of sp³-hybridized carbons (Fsp3) is 0.231. The van der Waals surface area contributed by atoms with Gasteiger partial charge in [-0.2, -0.15) is 4.98 Å². The molecule has 2 rings (SSSR count). The van der Waals surface area contributed by atoms with Crippen molar-refractivity contribution in [3.05, 3.63) is 42.0 Å². The molecule has 0 bridgehead atoms. The first kappa shape index (κ1) is 12.2. The van der Waals surface area contributed by atoms with Crippen LogP contribution in [0.25, 0.3) is 6.08 Å². The second kappa shape index (κ2) is 5.35. The van der Waals surface area contributed by atoms with Crippen molar-refractivity contribution in [2.24, 2.45) is 0 Å². The SMILES string of the molecule is C=Cc1ccc(Cn2nc(NC)nc2NC)cc1. The van der Waals surface area contributed by atoms with Gasteiger partial charge in [0.05, 0.1) is 6.54 Å². The number of hydrogen-bond acceptors (Lipinski definition) is 4. The van der Waals surface area contributed by atoms with Crippen LogP contribution >= 0.6 is 0 Å². The van der Waals surface area contributed by atoms with E-state index in [1.54, 1.807) is 7.05 Å². The second-order valence-electron chi connectivity index (χ2n) is 3.86. The summed E-state index contributed by atoms with van der Waals surface area (Å²) in [4.78, 5) is 4.29. The number of rotatable bonds is 5. The van der Waals surface area contributed by atoms with E-state index < -0.39 is 0 Å². The standard InChI is InChI=1S/C13H17N5/c1-4-10-5-7-11(8-6-10)9-18-13(15-3)16-12(14-2)17-18/h4-8H,1,9H2,2-3H3,(H2,14,15,16,17). The van der Waals surface area contributed by atoms with Crippen LogP contribution in [0.4, 0.5) is 11.9 Å². The van der Waals surface area contributed by atoms with Gasteiger partial charge in [0.15, 0.2) is 0 Å². The zero-order valence-electron chi connectivity index (χ0n) is 10.6. The molecule has 5 nitrogen and oxygen atoms in total. The zero-order valence-corrected chi connectivity index (χ0v) is 10.6. The molecule has 0 fully saturated rings. The fourth-order valence-electron chi connectivity index (χ4n) is 1.68. The van der Waals surface area contributed by atoms with E-state index in [1.807, 2.05) is 29.9 Å². The van der Waals surface area contributed by atoms with Crippen molar-refractivity contribution in [2.75, 3.05) is 24.7 Å². The van der Waals surface area contributed by atoms with Gasteiger partial charge in [0.2, 0.25) is 11.9 Å². The van der Waals surface area contributed by atoms with Crippen LogP contribution in [0.15, 0.2) is 30.8 Å². The first-order valence-corrected chi connectivity index (χ1v) is 5.78. The summed E-state index contributed by atoms with van der Waals surface area (Å²) in [5.41, 5.74) is 2.28. The zero-order chi connectivity index (χ0) is 13.0. The van der Waals surface area contributed by atoms with Gasteiger partial charge in [0.1, 0.15) is 0 Å².